The highest BCUT2D eigenvalue weighted by molar-refractivity contribution is 5.86. The summed E-state index contributed by atoms with van der Waals surface area (Å²) >= 11 is 0. The molecule has 0 bridgehead atoms. The largest absolute Gasteiger partial charge is 0.273 e. The monoisotopic (exact) mass is 178 g/mol. The van der Waals surface area contributed by atoms with E-state index in [1.807, 2.05) is 12.2 Å². The highest BCUT2D eigenvalue weighted by Crippen LogP contribution is 2.17. The minimum absolute atomic E-state index is 0.0183. The number of aromatic nitrogens is 3. The van der Waals surface area contributed by atoms with E-state index < -0.39 is 0 Å². The zero-order valence-corrected chi connectivity index (χ0v) is 7.05. The molecule has 5 heteroatoms. The lowest BCUT2D eigenvalue weighted by molar-refractivity contribution is -0.120. The fourth-order valence-electron chi connectivity index (χ4n) is 1.31. The van der Waals surface area contributed by atoms with Gasteiger partial charge >= 0.3 is 0 Å². The molecule has 0 aliphatic heterocycles. The van der Waals surface area contributed by atoms with Gasteiger partial charge in [-0.25, -0.2) is 4.68 Å². The Bertz CT molecular complexity index is 309. The second-order valence-corrected chi connectivity index (χ2v) is 2.98. The topological polar surface area (TPSA) is 59.8 Å². The van der Waals surface area contributed by atoms with E-state index >= 15 is 0 Å². The number of nitrogens with one attached hydrogen (secondary N) is 1. The van der Waals surface area contributed by atoms with Crippen LogP contribution in [0.25, 0.3) is 0 Å². The fourth-order valence-corrected chi connectivity index (χ4v) is 1.31. The van der Waals surface area contributed by atoms with Crippen LogP contribution in [-0.4, -0.2) is 20.8 Å². The van der Waals surface area contributed by atoms with Gasteiger partial charge in [-0.05, 0) is 12.8 Å². The van der Waals surface area contributed by atoms with E-state index in [1.165, 1.54) is 17.3 Å². The summed E-state index contributed by atoms with van der Waals surface area (Å²) in [4.78, 5) is 11.5. The summed E-state index contributed by atoms with van der Waals surface area (Å²) in [5.74, 6) is 0.0900. The van der Waals surface area contributed by atoms with Crippen LogP contribution in [0.5, 0.6) is 0 Å². The third-order valence-corrected chi connectivity index (χ3v) is 2.04. The summed E-state index contributed by atoms with van der Waals surface area (Å²) in [5.41, 5.74) is 2.68. The molecule has 1 amide bonds. The number of hydrogen-bond acceptors (Lipinski definition) is 3. The van der Waals surface area contributed by atoms with Crippen molar-refractivity contribution in [3.8, 4) is 0 Å². The molecule has 0 fully saturated rings. The van der Waals surface area contributed by atoms with Crippen LogP contribution in [0.3, 0.4) is 0 Å². The Hall–Kier alpha value is -1.65. The first-order valence-corrected chi connectivity index (χ1v) is 4.17. The summed E-state index contributed by atoms with van der Waals surface area (Å²) in [6, 6.07) is 0. The first-order chi connectivity index (χ1) is 6.36. The number of amides is 1. The quantitative estimate of drug-likeness (QED) is 0.663. The van der Waals surface area contributed by atoms with Crippen molar-refractivity contribution < 1.29 is 4.79 Å². The van der Waals surface area contributed by atoms with E-state index in [0.29, 0.717) is 0 Å². The molecular formula is C8H10N4O. The molecule has 1 aliphatic rings. The van der Waals surface area contributed by atoms with Crippen molar-refractivity contribution >= 4 is 5.91 Å². The Morgan fingerprint density at radius 1 is 1.31 bits per heavy atom. The zero-order valence-electron chi connectivity index (χ0n) is 7.05. The number of rotatable bonds is 2. The Labute approximate surface area is 75.4 Å². The normalized spacial score (nSPS) is 16.3. The molecule has 0 saturated carbocycles. The average molecular weight is 178 g/mol. The first kappa shape index (κ1) is 7.97. The Balaban J connectivity index is 1.92. The van der Waals surface area contributed by atoms with Gasteiger partial charge in [-0.15, -0.1) is 10.2 Å². The average Bonchev–Trinajstić information content (AvgIpc) is 2.74. The maximum Gasteiger partial charge on any atom is 0.242 e. The van der Waals surface area contributed by atoms with Crippen molar-refractivity contribution in [2.45, 2.75) is 12.8 Å². The van der Waals surface area contributed by atoms with Gasteiger partial charge in [-0.2, -0.15) is 0 Å². The number of nitrogens with zero attached hydrogens (tertiary/aromatic N) is 3. The maximum absolute atomic E-state index is 11.5. The molecular weight excluding hydrogens is 168 g/mol. The van der Waals surface area contributed by atoms with Crippen molar-refractivity contribution in [2.75, 3.05) is 5.43 Å². The second-order valence-electron chi connectivity index (χ2n) is 2.98. The summed E-state index contributed by atoms with van der Waals surface area (Å²) in [7, 11) is 0. The van der Waals surface area contributed by atoms with Crippen molar-refractivity contribution in [1.29, 1.82) is 0 Å². The molecule has 68 valence electrons. The SMILES string of the molecule is O=C(Nn1cnnc1)C1CC=CC1. The molecule has 0 atom stereocenters. The van der Waals surface area contributed by atoms with Crippen molar-refractivity contribution in [1.82, 2.24) is 14.9 Å². The summed E-state index contributed by atoms with van der Waals surface area (Å²) in [6.07, 6.45) is 8.62. The lowest BCUT2D eigenvalue weighted by atomic mass is 10.1. The van der Waals surface area contributed by atoms with Crippen molar-refractivity contribution in [3.63, 3.8) is 0 Å². The van der Waals surface area contributed by atoms with Gasteiger partial charge in [-0.1, -0.05) is 12.2 Å². The van der Waals surface area contributed by atoms with Crippen LogP contribution in [0.2, 0.25) is 0 Å². The Morgan fingerprint density at radius 2 is 1.92 bits per heavy atom. The van der Waals surface area contributed by atoms with Gasteiger partial charge in [0.1, 0.15) is 12.7 Å². The molecule has 0 aromatic carbocycles. The van der Waals surface area contributed by atoms with E-state index in [1.54, 1.807) is 0 Å². The molecule has 5 nitrogen and oxygen atoms in total. The number of hydrogen-bond donors (Lipinski definition) is 1. The van der Waals surface area contributed by atoms with E-state index in [-0.39, 0.29) is 11.8 Å². The van der Waals surface area contributed by atoms with Gasteiger partial charge < -0.3 is 0 Å². The number of allylic oxidation sites excluding steroid dienone is 2. The molecule has 1 heterocycles. The van der Waals surface area contributed by atoms with E-state index in [0.717, 1.165) is 12.8 Å². The summed E-state index contributed by atoms with van der Waals surface area (Å²) in [5, 5.41) is 7.17. The zero-order chi connectivity index (χ0) is 9.10. The standard InChI is InChI=1S/C8H10N4O/c13-8(7-3-1-2-4-7)11-12-5-9-10-6-12/h1-2,5-7H,3-4H2,(H,11,13). The van der Waals surface area contributed by atoms with E-state index in [9.17, 15) is 4.79 Å². The van der Waals surface area contributed by atoms with Gasteiger partial charge in [0.05, 0.1) is 0 Å². The summed E-state index contributed by atoms with van der Waals surface area (Å²) < 4.78 is 1.46. The minimum Gasteiger partial charge on any atom is -0.273 e. The molecule has 1 aromatic rings. The first-order valence-electron chi connectivity index (χ1n) is 4.17. The molecule has 2 rings (SSSR count). The van der Waals surface area contributed by atoms with Gasteiger partial charge in [-0.3, -0.25) is 10.2 Å². The third kappa shape index (κ3) is 1.74. The molecule has 0 unspecified atom stereocenters. The molecule has 1 aromatic heterocycles. The van der Waals surface area contributed by atoms with Crippen molar-refractivity contribution in [2.24, 2.45) is 5.92 Å². The van der Waals surface area contributed by atoms with Crippen LogP contribution in [0.4, 0.5) is 0 Å². The minimum atomic E-state index is 0.0183. The Kier molecular flexibility index (Phi) is 2.08. The molecule has 0 saturated heterocycles. The van der Waals surface area contributed by atoms with Crippen molar-refractivity contribution in [3.05, 3.63) is 24.8 Å². The molecule has 1 N–H and O–H groups in total. The third-order valence-electron chi connectivity index (χ3n) is 2.04. The van der Waals surface area contributed by atoms with Crippen LogP contribution in [-0.2, 0) is 4.79 Å². The predicted molar refractivity (Wildman–Crippen MR) is 46.3 cm³/mol. The van der Waals surface area contributed by atoms with Crippen LogP contribution in [0.15, 0.2) is 24.8 Å². The van der Waals surface area contributed by atoms with E-state index in [2.05, 4.69) is 15.6 Å². The Morgan fingerprint density at radius 3 is 2.54 bits per heavy atom. The molecule has 1 aliphatic carbocycles. The van der Waals surface area contributed by atoms with Crippen LogP contribution >= 0.6 is 0 Å². The van der Waals surface area contributed by atoms with Crippen LogP contribution < -0.4 is 5.43 Å². The lowest BCUT2D eigenvalue weighted by Crippen LogP contribution is -2.27. The number of carbonyl (C=O) groups excluding carboxylic acids is 1. The fraction of sp³-hybridized carbons (Fsp3) is 0.375. The van der Waals surface area contributed by atoms with Gasteiger partial charge in [0.15, 0.2) is 0 Å². The van der Waals surface area contributed by atoms with E-state index in [4.69, 9.17) is 0 Å². The summed E-state index contributed by atoms with van der Waals surface area (Å²) in [6.45, 7) is 0. The molecule has 0 radical (unpaired) electrons. The van der Waals surface area contributed by atoms with Crippen LogP contribution in [0.1, 0.15) is 12.8 Å². The highest BCUT2D eigenvalue weighted by atomic mass is 16.2. The second kappa shape index (κ2) is 3.38. The van der Waals surface area contributed by atoms with Gasteiger partial charge in [0, 0.05) is 5.92 Å². The smallest absolute Gasteiger partial charge is 0.242 e. The highest BCUT2D eigenvalue weighted by Gasteiger charge is 2.18. The van der Waals surface area contributed by atoms with Gasteiger partial charge in [0.2, 0.25) is 5.91 Å². The molecule has 0 spiro atoms. The molecule has 13 heavy (non-hydrogen) atoms. The lowest BCUT2D eigenvalue weighted by Gasteiger charge is -2.09. The number of carbonyl (C=O) groups is 1. The van der Waals surface area contributed by atoms with Gasteiger partial charge in [0.25, 0.3) is 0 Å². The maximum atomic E-state index is 11.5. The van der Waals surface area contributed by atoms with Crippen LogP contribution in [0, 0.1) is 5.92 Å². The predicted octanol–water partition coefficient (Wildman–Crippen LogP) is 0.314.